The lowest BCUT2D eigenvalue weighted by Gasteiger charge is -2.24. The molecule has 1 fully saturated rings. The van der Waals surface area contributed by atoms with Crippen LogP contribution in [0.1, 0.15) is 13.3 Å². The van der Waals surface area contributed by atoms with E-state index in [1.807, 2.05) is 6.92 Å². The Morgan fingerprint density at radius 3 is 2.52 bits per heavy atom. The lowest BCUT2D eigenvalue weighted by molar-refractivity contribution is 0.353. The summed E-state index contributed by atoms with van der Waals surface area (Å²) in [5, 5.41) is 0. The zero-order chi connectivity index (χ0) is 15.9. The van der Waals surface area contributed by atoms with Crippen molar-refractivity contribution in [3.63, 3.8) is 0 Å². The monoisotopic (exact) mass is 316 g/mol. The van der Waals surface area contributed by atoms with Gasteiger partial charge < -0.3 is 10.3 Å². The molecule has 0 aliphatic carbocycles. The minimum absolute atomic E-state index is 0.140. The van der Waals surface area contributed by atoms with Crippen LogP contribution in [0.15, 0.2) is 20.7 Å². The van der Waals surface area contributed by atoms with Gasteiger partial charge in [0.25, 0.3) is 5.56 Å². The predicted molar refractivity (Wildman–Crippen MR) is 77.4 cm³/mol. The van der Waals surface area contributed by atoms with Crippen LogP contribution < -0.4 is 17.0 Å². The molecule has 0 saturated carbocycles. The maximum absolute atomic E-state index is 12.7. The average molecular weight is 316 g/mol. The fourth-order valence-electron chi connectivity index (χ4n) is 2.70. The number of sulfonamides is 1. The predicted octanol–water partition coefficient (Wildman–Crippen LogP) is -1.56. The van der Waals surface area contributed by atoms with Crippen molar-refractivity contribution < 1.29 is 8.42 Å². The van der Waals surface area contributed by atoms with Crippen LogP contribution in [-0.2, 0) is 24.1 Å². The van der Waals surface area contributed by atoms with E-state index in [4.69, 9.17) is 5.73 Å². The maximum atomic E-state index is 12.7. The van der Waals surface area contributed by atoms with Crippen molar-refractivity contribution in [2.75, 3.05) is 13.1 Å². The van der Waals surface area contributed by atoms with Gasteiger partial charge in [0.15, 0.2) is 4.90 Å². The summed E-state index contributed by atoms with van der Waals surface area (Å²) in [5.41, 5.74) is 4.29. The Hall–Kier alpha value is -1.45. The Labute approximate surface area is 122 Å². The lowest BCUT2D eigenvalue weighted by atomic mass is 10.0. The SMILES string of the molecule is CC1CCN(S(=O)(=O)c2cn(C)c(=O)n(C)c2=O)C1CN. The Morgan fingerprint density at radius 1 is 1.33 bits per heavy atom. The minimum atomic E-state index is -3.97. The number of hydrogen-bond acceptors (Lipinski definition) is 5. The number of nitrogens with zero attached hydrogens (tertiary/aromatic N) is 3. The van der Waals surface area contributed by atoms with Gasteiger partial charge in [0.05, 0.1) is 0 Å². The van der Waals surface area contributed by atoms with E-state index in [0.717, 1.165) is 15.3 Å². The molecule has 8 nitrogen and oxygen atoms in total. The minimum Gasteiger partial charge on any atom is -0.329 e. The van der Waals surface area contributed by atoms with Gasteiger partial charge >= 0.3 is 5.69 Å². The number of rotatable bonds is 3. The molecule has 2 unspecified atom stereocenters. The van der Waals surface area contributed by atoms with Crippen LogP contribution in [0, 0.1) is 5.92 Å². The van der Waals surface area contributed by atoms with Crippen molar-refractivity contribution in [1.29, 1.82) is 0 Å². The molecule has 0 bridgehead atoms. The fourth-order valence-corrected chi connectivity index (χ4v) is 4.60. The van der Waals surface area contributed by atoms with E-state index < -0.39 is 21.3 Å². The van der Waals surface area contributed by atoms with Crippen molar-refractivity contribution in [1.82, 2.24) is 13.4 Å². The molecule has 0 aromatic carbocycles. The highest BCUT2D eigenvalue weighted by Gasteiger charge is 2.40. The first-order valence-electron chi connectivity index (χ1n) is 6.70. The molecular formula is C12H20N4O4S. The van der Waals surface area contributed by atoms with Crippen LogP contribution in [-0.4, -0.2) is 41.0 Å². The summed E-state index contributed by atoms with van der Waals surface area (Å²) in [6.07, 6.45) is 1.78. The molecule has 0 amide bonds. The van der Waals surface area contributed by atoms with Gasteiger partial charge in [-0.15, -0.1) is 0 Å². The van der Waals surface area contributed by atoms with Gasteiger partial charge in [-0.3, -0.25) is 9.36 Å². The van der Waals surface area contributed by atoms with Crippen LogP contribution >= 0.6 is 0 Å². The maximum Gasteiger partial charge on any atom is 0.330 e. The van der Waals surface area contributed by atoms with Gasteiger partial charge in [-0.25, -0.2) is 13.2 Å². The van der Waals surface area contributed by atoms with Crippen LogP contribution in [0.2, 0.25) is 0 Å². The standard InChI is InChI=1S/C12H20N4O4S/c1-8-4-5-16(9(8)6-13)21(19,20)10-7-14(2)12(18)15(3)11(10)17/h7-9H,4-6,13H2,1-3H3. The Balaban J connectivity index is 2.61. The van der Waals surface area contributed by atoms with E-state index in [9.17, 15) is 18.0 Å². The summed E-state index contributed by atoms with van der Waals surface area (Å²) >= 11 is 0. The molecule has 2 heterocycles. The molecule has 1 aliphatic heterocycles. The van der Waals surface area contributed by atoms with Crippen molar-refractivity contribution in [3.05, 3.63) is 27.0 Å². The molecule has 0 radical (unpaired) electrons. The Bertz CT molecular complexity index is 764. The number of nitrogens with two attached hydrogens (primary N) is 1. The van der Waals surface area contributed by atoms with E-state index in [-0.39, 0.29) is 23.4 Å². The molecule has 2 rings (SSSR count). The Morgan fingerprint density at radius 2 is 1.95 bits per heavy atom. The highest BCUT2D eigenvalue weighted by atomic mass is 32.2. The second-order valence-electron chi connectivity index (χ2n) is 5.44. The first kappa shape index (κ1) is 15.9. The zero-order valence-corrected chi connectivity index (χ0v) is 13.1. The first-order valence-corrected chi connectivity index (χ1v) is 8.14. The largest absolute Gasteiger partial charge is 0.330 e. The summed E-state index contributed by atoms with van der Waals surface area (Å²) in [6, 6.07) is -0.322. The van der Waals surface area contributed by atoms with Crippen molar-refractivity contribution >= 4 is 10.0 Å². The first-order chi connectivity index (χ1) is 9.71. The van der Waals surface area contributed by atoms with Crippen LogP contribution in [0.3, 0.4) is 0 Å². The highest BCUT2D eigenvalue weighted by Crippen LogP contribution is 2.28. The third-order valence-electron chi connectivity index (χ3n) is 4.07. The molecule has 1 saturated heterocycles. The van der Waals surface area contributed by atoms with E-state index in [1.165, 1.54) is 18.4 Å². The third-order valence-corrected chi connectivity index (χ3v) is 5.98. The van der Waals surface area contributed by atoms with Gasteiger partial charge in [-0.05, 0) is 12.3 Å². The molecule has 9 heteroatoms. The summed E-state index contributed by atoms with van der Waals surface area (Å²) in [4.78, 5) is 23.4. The second kappa shape index (κ2) is 5.39. The van der Waals surface area contributed by atoms with Gasteiger partial charge in [-0.1, -0.05) is 6.92 Å². The molecule has 1 aliphatic rings. The highest BCUT2D eigenvalue weighted by molar-refractivity contribution is 7.89. The van der Waals surface area contributed by atoms with Crippen LogP contribution in [0.5, 0.6) is 0 Å². The number of hydrogen-bond donors (Lipinski definition) is 1. The second-order valence-corrected chi connectivity index (χ2v) is 7.29. The zero-order valence-electron chi connectivity index (χ0n) is 12.3. The number of aromatic nitrogens is 2. The van der Waals surface area contributed by atoms with E-state index in [2.05, 4.69) is 0 Å². The molecule has 2 N–H and O–H groups in total. The molecule has 2 atom stereocenters. The summed E-state index contributed by atoms with van der Waals surface area (Å²) in [6.45, 7) is 2.47. The average Bonchev–Trinajstić information content (AvgIpc) is 2.82. The van der Waals surface area contributed by atoms with Crippen molar-refractivity contribution in [2.45, 2.75) is 24.3 Å². The molecule has 1 aromatic rings. The smallest absolute Gasteiger partial charge is 0.329 e. The van der Waals surface area contributed by atoms with Gasteiger partial charge in [0.2, 0.25) is 10.0 Å². The molecule has 1 aromatic heterocycles. The summed E-state index contributed by atoms with van der Waals surface area (Å²) in [5.74, 6) is 0.140. The van der Waals surface area contributed by atoms with Crippen LogP contribution in [0.4, 0.5) is 0 Å². The normalized spacial score (nSPS) is 23.6. The number of aryl methyl sites for hydroxylation is 1. The lowest BCUT2D eigenvalue weighted by Crippen LogP contribution is -2.46. The van der Waals surface area contributed by atoms with Gasteiger partial charge in [0.1, 0.15) is 0 Å². The van der Waals surface area contributed by atoms with Crippen LogP contribution in [0.25, 0.3) is 0 Å². The van der Waals surface area contributed by atoms with Gasteiger partial charge in [0, 0.05) is 39.4 Å². The van der Waals surface area contributed by atoms with Crippen molar-refractivity contribution in [2.24, 2.45) is 25.7 Å². The van der Waals surface area contributed by atoms with E-state index >= 15 is 0 Å². The Kier molecular flexibility index (Phi) is 4.09. The molecular weight excluding hydrogens is 296 g/mol. The molecule has 118 valence electrons. The summed E-state index contributed by atoms with van der Waals surface area (Å²) in [7, 11) is -1.29. The van der Waals surface area contributed by atoms with E-state index in [1.54, 1.807) is 0 Å². The van der Waals surface area contributed by atoms with Crippen molar-refractivity contribution in [3.8, 4) is 0 Å². The summed E-state index contributed by atoms with van der Waals surface area (Å²) < 4.78 is 28.6. The quantitative estimate of drug-likeness (QED) is 0.726. The molecule has 21 heavy (non-hydrogen) atoms. The topological polar surface area (TPSA) is 107 Å². The molecule has 0 spiro atoms. The van der Waals surface area contributed by atoms with E-state index in [0.29, 0.717) is 13.0 Å². The third kappa shape index (κ3) is 2.45. The van der Waals surface area contributed by atoms with Gasteiger partial charge in [-0.2, -0.15) is 4.31 Å². The fraction of sp³-hybridized carbons (Fsp3) is 0.667.